The van der Waals surface area contributed by atoms with E-state index in [0.29, 0.717) is 0 Å². The van der Waals surface area contributed by atoms with E-state index in [4.69, 9.17) is 5.11 Å². The molecule has 1 aromatic heterocycles. The normalized spacial score (nSPS) is 13.6. The van der Waals surface area contributed by atoms with Gasteiger partial charge in [-0.3, -0.25) is 4.68 Å². The number of aromatic nitrogens is 2. The highest BCUT2D eigenvalue weighted by atomic mass is 16.3. The minimum atomic E-state index is -0.425. The van der Waals surface area contributed by atoms with Crippen molar-refractivity contribution in [2.75, 3.05) is 0 Å². The number of aryl methyl sites for hydroxylation is 2. The van der Waals surface area contributed by atoms with Crippen molar-refractivity contribution in [1.29, 1.82) is 0 Å². The van der Waals surface area contributed by atoms with Crippen molar-refractivity contribution in [3.8, 4) is 0 Å². The van der Waals surface area contributed by atoms with Gasteiger partial charge in [0.05, 0.1) is 17.5 Å². The highest BCUT2D eigenvalue weighted by Gasteiger charge is 2.05. The lowest BCUT2D eigenvalue weighted by molar-refractivity contribution is 0.189. The maximum atomic E-state index is 9.16. The first-order valence-corrected chi connectivity index (χ1v) is 3.30. The summed E-state index contributed by atoms with van der Waals surface area (Å²) >= 11 is 0. The zero-order valence-corrected chi connectivity index (χ0v) is 6.50. The summed E-state index contributed by atoms with van der Waals surface area (Å²) in [5.74, 6) is 0. The van der Waals surface area contributed by atoms with Gasteiger partial charge in [0, 0.05) is 7.05 Å². The van der Waals surface area contributed by atoms with E-state index in [2.05, 4.69) is 5.10 Å². The molecule has 1 atom stereocenters. The smallest absolute Gasteiger partial charge is 0.0928 e. The van der Waals surface area contributed by atoms with Gasteiger partial charge in [-0.05, 0) is 19.9 Å². The summed E-state index contributed by atoms with van der Waals surface area (Å²) in [6, 6.07) is 1.88. The van der Waals surface area contributed by atoms with Crippen LogP contribution in [0.2, 0.25) is 0 Å². The molecule has 56 valence electrons. The molecule has 0 saturated carbocycles. The summed E-state index contributed by atoms with van der Waals surface area (Å²) in [6.45, 7) is 3.64. The van der Waals surface area contributed by atoms with Crippen LogP contribution in [0.5, 0.6) is 0 Å². The largest absolute Gasteiger partial charge is 0.387 e. The number of aliphatic hydroxyl groups excluding tert-OH is 1. The second kappa shape index (κ2) is 2.42. The van der Waals surface area contributed by atoms with Gasteiger partial charge < -0.3 is 5.11 Å². The predicted molar refractivity (Wildman–Crippen MR) is 38.6 cm³/mol. The molecule has 0 bridgehead atoms. The second-order valence-corrected chi connectivity index (χ2v) is 2.51. The molecule has 0 aliphatic heterocycles. The summed E-state index contributed by atoms with van der Waals surface area (Å²) < 4.78 is 1.69. The van der Waals surface area contributed by atoms with Gasteiger partial charge in [-0.15, -0.1) is 0 Å². The van der Waals surface area contributed by atoms with Gasteiger partial charge in [0.25, 0.3) is 0 Å². The zero-order chi connectivity index (χ0) is 7.72. The summed E-state index contributed by atoms with van der Waals surface area (Å²) in [7, 11) is 1.83. The highest BCUT2D eigenvalue weighted by molar-refractivity contribution is 5.10. The molecule has 0 spiro atoms. The average molecular weight is 140 g/mol. The van der Waals surface area contributed by atoms with Crippen molar-refractivity contribution >= 4 is 0 Å². The third-order valence-corrected chi connectivity index (χ3v) is 1.47. The number of aliphatic hydroxyl groups is 1. The molecule has 1 aromatic rings. The minimum absolute atomic E-state index is 0.425. The topological polar surface area (TPSA) is 38.0 Å². The van der Waals surface area contributed by atoms with E-state index in [-0.39, 0.29) is 0 Å². The monoisotopic (exact) mass is 140 g/mol. The van der Waals surface area contributed by atoms with Gasteiger partial charge in [0.2, 0.25) is 0 Å². The molecule has 0 aliphatic carbocycles. The van der Waals surface area contributed by atoms with Crippen molar-refractivity contribution in [1.82, 2.24) is 9.78 Å². The Hall–Kier alpha value is -0.830. The first-order chi connectivity index (χ1) is 4.61. The molecule has 0 saturated heterocycles. The van der Waals surface area contributed by atoms with Gasteiger partial charge in [0.1, 0.15) is 0 Å². The number of hydrogen-bond donors (Lipinski definition) is 1. The molecule has 1 heterocycles. The lowest BCUT2D eigenvalue weighted by Crippen LogP contribution is -2.01. The van der Waals surface area contributed by atoms with E-state index in [1.807, 2.05) is 20.0 Å². The molecule has 0 aromatic carbocycles. The highest BCUT2D eigenvalue weighted by Crippen LogP contribution is 2.11. The van der Waals surface area contributed by atoms with E-state index in [1.54, 1.807) is 11.6 Å². The zero-order valence-electron chi connectivity index (χ0n) is 6.50. The van der Waals surface area contributed by atoms with Crippen LogP contribution in [0.25, 0.3) is 0 Å². The number of rotatable bonds is 1. The Kier molecular flexibility index (Phi) is 1.76. The van der Waals surface area contributed by atoms with Crippen LogP contribution in [0.1, 0.15) is 24.4 Å². The molecular formula is C7H12N2O. The number of nitrogens with zero attached hydrogens (tertiary/aromatic N) is 2. The maximum Gasteiger partial charge on any atom is 0.0928 e. The van der Waals surface area contributed by atoms with Crippen LogP contribution in [-0.4, -0.2) is 14.9 Å². The van der Waals surface area contributed by atoms with Crippen LogP contribution in [0.3, 0.4) is 0 Å². The minimum Gasteiger partial charge on any atom is -0.387 e. The molecule has 1 N–H and O–H groups in total. The SMILES string of the molecule is Cc1cc([C@@H](C)O)n(C)n1. The lowest BCUT2D eigenvalue weighted by atomic mass is 10.3. The molecule has 0 amide bonds. The molecule has 0 fully saturated rings. The van der Waals surface area contributed by atoms with E-state index >= 15 is 0 Å². The van der Waals surface area contributed by atoms with E-state index < -0.39 is 6.10 Å². The van der Waals surface area contributed by atoms with Gasteiger partial charge >= 0.3 is 0 Å². The van der Waals surface area contributed by atoms with Crippen LogP contribution in [0.4, 0.5) is 0 Å². The molecule has 3 heteroatoms. The Morgan fingerprint density at radius 1 is 1.70 bits per heavy atom. The Balaban J connectivity index is 3.03. The fraction of sp³-hybridized carbons (Fsp3) is 0.571. The van der Waals surface area contributed by atoms with Crippen LogP contribution in [0, 0.1) is 6.92 Å². The van der Waals surface area contributed by atoms with E-state index in [0.717, 1.165) is 11.4 Å². The van der Waals surface area contributed by atoms with Crippen LogP contribution in [0.15, 0.2) is 6.07 Å². The molecular weight excluding hydrogens is 128 g/mol. The molecule has 0 aliphatic rings. The first kappa shape index (κ1) is 7.28. The Morgan fingerprint density at radius 2 is 2.30 bits per heavy atom. The van der Waals surface area contributed by atoms with Crippen LogP contribution in [-0.2, 0) is 7.05 Å². The standard InChI is InChI=1S/C7H12N2O/c1-5-4-7(6(2)10)9(3)8-5/h4,6,10H,1-3H3/t6-/m1/s1. The second-order valence-electron chi connectivity index (χ2n) is 2.51. The van der Waals surface area contributed by atoms with Crippen molar-refractivity contribution in [2.45, 2.75) is 20.0 Å². The summed E-state index contributed by atoms with van der Waals surface area (Å²) in [6.07, 6.45) is -0.425. The summed E-state index contributed by atoms with van der Waals surface area (Å²) in [5, 5.41) is 13.2. The van der Waals surface area contributed by atoms with Crippen molar-refractivity contribution in [3.05, 3.63) is 17.5 Å². The van der Waals surface area contributed by atoms with Crippen LogP contribution < -0.4 is 0 Å². The lowest BCUT2D eigenvalue weighted by Gasteiger charge is -2.02. The van der Waals surface area contributed by atoms with Crippen molar-refractivity contribution < 1.29 is 5.11 Å². The fourth-order valence-corrected chi connectivity index (χ4v) is 1.02. The average Bonchev–Trinajstić information content (AvgIpc) is 2.10. The molecule has 0 unspecified atom stereocenters. The predicted octanol–water partition coefficient (Wildman–Crippen LogP) is 0.782. The quantitative estimate of drug-likeness (QED) is 0.626. The Morgan fingerprint density at radius 3 is 2.50 bits per heavy atom. The third kappa shape index (κ3) is 1.19. The fourth-order valence-electron chi connectivity index (χ4n) is 1.02. The third-order valence-electron chi connectivity index (χ3n) is 1.47. The Bertz CT molecular complexity index is 228. The van der Waals surface area contributed by atoms with Crippen LogP contribution >= 0.6 is 0 Å². The molecule has 0 radical (unpaired) electrons. The van der Waals surface area contributed by atoms with E-state index in [1.165, 1.54) is 0 Å². The van der Waals surface area contributed by atoms with Gasteiger partial charge in [-0.25, -0.2) is 0 Å². The molecule has 10 heavy (non-hydrogen) atoms. The van der Waals surface area contributed by atoms with Gasteiger partial charge in [-0.1, -0.05) is 0 Å². The maximum absolute atomic E-state index is 9.16. The Labute approximate surface area is 60.3 Å². The van der Waals surface area contributed by atoms with Crippen molar-refractivity contribution in [2.24, 2.45) is 7.05 Å². The number of hydrogen-bond acceptors (Lipinski definition) is 2. The van der Waals surface area contributed by atoms with E-state index in [9.17, 15) is 0 Å². The first-order valence-electron chi connectivity index (χ1n) is 3.30. The van der Waals surface area contributed by atoms with Gasteiger partial charge in [-0.2, -0.15) is 5.10 Å². The molecule has 3 nitrogen and oxygen atoms in total. The molecule has 1 rings (SSSR count). The van der Waals surface area contributed by atoms with Gasteiger partial charge in [0.15, 0.2) is 0 Å². The van der Waals surface area contributed by atoms with Crippen molar-refractivity contribution in [3.63, 3.8) is 0 Å². The summed E-state index contributed by atoms with van der Waals surface area (Å²) in [5.41, 5.74) is 1.80. The summed E-state index contributed by atoms with van der Waals surface area (Å²) in [4.78, 5) is 0.